The molecule has 4 nitrogen and oxygen atoms in total. The Morgan fingerprint density at radius 1 is 1.19 bits per heavy atom. The van der Waals surface area contributed by atoms with Crippen LogP contribution in [-0.2, 0) is 0 Å². The number of hydrogen-bond acceptors (Lipinski definition) is 3. The number of amides is 1. The molecular weight excluding hydrogens is 330 g/mol. The fourth-order valence-corrected chi connectivity index (χ4v) is 2.47. The second kappa shape index (κ2) is 5.61. The predicted octanol–water partition coefficient (Wildman–Crippen LogP) is 3.95. The van der Waals surface area contributed by atoms with E-state index in [-0.39, 0.29) is 5.91 Å². The first-order valence-corrected chi connectivity index (χ1v) is 7.22. The van der Waals surface area contributed by atoms with E-state index in [2.05, 4.69) is 31.2 Å². The largest absolute Gasteiger partial charge is 0.320 e. The van der Waals surface area contributed by atoms with E-state index >= 15 is 0 Å². The van der Waals surface area contributed by atoms with Gasteiger partial charge in [0, 0.05) is 17.1 Å². The molecule has 0 saturated carbocycles. The summed E-state index contributed by atoms with van der Waals surface area (Å²) >= 11 is 3.30. The highest BCUT2D eigenvalue weighted by atomic mass is 79.9. The highest BCUT2D eigenvalue weighted by molar-refractivity contribution is 9.10. The van der Waals surface area contributed by atoms with Gasteiger partial charge in [0.2, 0.25) is 0 Å². The van der Waals surface area contributed by atoms with Gasteiger partial charge in [-0.1, -0.05) is 6.07 Å². The number of nitrogens with zero attached hydrogens (tertiary/aromatic N) is 2. The number of anilines is 1. The summed E-state index contributed by atoms with van der Waals surface area (Å²) < 4.78 is 0.745. The third kappa shape index (κ3) is 2.92. The molecule has 21 heavy (non-hydrogen) atoms. The van der Waals surface area contributed by atoms with Crippen molar-refractivity contribution in [1.29, 1.82) is 0 Å². The van der Waals surface area contributed by atoms with Crippen molar-refractivity contribution in [2.24, 2.45) is 0 Å². The third-order valence-corrected chi connectivity index (χ3v) is 3.61. The zero-order valence-corrected chi connectivity index (χ0v) is 12.9. The third-order valence-electron chi connectivity index (χ3n) is 3.17. The van der Waals surface area contributed by atoms with E-state index < -0.39 is 0 Å². The summed E-state index contributed by atoms with van der Waals surface area (Å²) in [5.74, 6) is -0.159. The number of aromatic nitrogens is 2. The van der Waals surface area contributed by atoms with Crippen molar-refractivity contribution < 1.29 is 4.79 Å². The Kier molecular flexibility index (Phi) is 3.66. The van der Waals surface area contributed by atoms with Gasteiger partial charge in [-0.3, -0.25) is 9.78 Å². The van der Waals surface area contributed by atoms with E-state index in [4.69, 9.17) is 0 Å². The van der Waals surface area contributed by atoms with Crippen molar-refractivity contribution in [3.8, 4) is 0 Å². The van der Waals surface area contributed by atoms with E-state index in [9.17, 15) is 4.79 Å². The molecule has 0 bridgehead atoms. The lowest BCUT2D eigenvalue weighted by molar-refractivity contribution is 0.102. The topological polar surface area (TPSA) is 54.9 Å². The minimum atomic E-state index is -0.159. The molecule has 0 fully saturated rings. The lowest BCUT2D eigenvalue weighted by Crippen LogP contribution is -2.13. The quantitative estimate of drug-likeness (QED) is 0.718. The highest BCUT2D eigenvalue weighted by Crippen LogP contribution is 2.18. The number of fused-ring (bicyclic) bond motifs is 1. The van der Waals surface area contributed by atoms with Gasteiger partial charge < -0.3 is 5.32 Å². The maximum atomic E-state index is 12.3. The summed E-state index contributed by atoms with van der Waals surface area (Å²) in [6.45, 7) is 1.85. The molecule has 1 aromatic carbocycles. The van der Waals surface area contributed by atoms with Crippen molar-refractivity contribution in [1.82, 2.24) is 9.97 Å². The van der Waals surface area contributed by atoms with Gasteiger partial charge in [0.05, 0.1) is 16.9 Å². The van der Waals surface area contributed by atoms with Crippen LogP contribution in [0.4, 0.5) is 5.69 Å². The fraction of sp³-hybridized carbons (Fsp3) is 0.0625. The molecular formula is C16H12BrN3O. The van der Waals surface area contributed by atoms with Gasteiger partial charge in [0.1, 0.15) is 4.60 Å². The zero-order valence-electron chi connectivity index (χ0n) is 11.3. The summed E-state index contributed by atoms with van der Waals surface area (Å²) in [6, 6.07) is 12.9. The normalized spacial score (nSPS) is 10.6. The summed E-state index contributed by atoms with van der Waals surface area (Å²) in [6.07, 6.45) is 1.74. The van der Waals surface area contributed by atoms with Gasteiger partial charge in [-0.25, -0.2) is 4.98 Å². The van der Waals surface area contributed by atoms with Crippen LogP contribution in [-0.4, -0.2) is 15.9 Å². The standard InChI is InChI=1S/C16H12BrN3O/c1-10-13(6-7-15(17)19-10)20-16(21)12-4-5-14-11(9-12)3-2-8-18-14/h2-9H,1H3,(H,20,21). The molecule has 0 atom stereocenters. The van der Waals surface area contributed by atoms with Crippen molar-refractivity contribution in [2.75, 3.05) is 5.32 Å². The first-order chi connectivity index (χ1) is 10.1. The number of carbonyl (C=O) groups excluding carboxylic acids is 1. The molecule has 5 heteroatoms. The second-order valence-electron chi connectivity index (χ2n) is 4.63. The van der Waals surface area contributed by atoms with Crippen molar-refractivity contribution >= 4 is 38.4 Å². The molecule has 1 N–H and O–H groups in total. The van der Waals surface area contributed by atoms with Crippen LogP contribution in [0.15, 0.2) is 53.3 Å². The molecule has 3 rings (SSSR count). The minimum Gasteiger partial charge on any atom is -0.320 e. The summed E-state index contributed by atoms with van der Waals surface area (Å²) in [5.41, 5.74) is 2.93. The van der Waals surface area contributed by atoms with Crippen molar-refractivity contribution in [3.05, 3.63) is 64.5 Å². The van der Waals surface area contributed by atoms with Crippen LogP contribution in [0.3, 0.4) is 0 Å². The van der Waals surface area contributed by atoms with Gasteiger partial charge in [0.25, 0.3) is 5.91 Å². The molecule has 1 amide bonds. The molecule has 2 aromatic heterocycles. The first kappa shape index (κ1) is 13.7. The second-order valence-corrected chi connectivity index (χ2v) is 5.44. The zero-order chi connectivity index (χ0) is 14.8. The first-order valence-electron chi connectivity index (χ1n) is 6.43. The summed E-state index contributed by atoms with van der Waals surface area (Å²) in [5, 5.41) is 3.82. The van der Waals surface area contributed by atoms with Crippen molar-refractivity contribution in [3.63, 3.8) is 0 Å². The van der Waals surface area contributed by atoms with Crippen LogP contribution in [0.1, 0.15) is 16.1 Å². The van der Waals surface area contributed by atoms with Crippen molar-refractivity contribution in [2.45, 2.75) is 6.92 Å². The molecule has 0 spiro atoms. The van der Waals surface area contributed by atoms with Gasteiger partial charge in [-0.2, -0.15) is 0 Å². The number of benzene rings is 1. The van der Waals surface area contributed by atoms with Gasteiger partial charge in [-0.05, 0) is 59.3 Å². The lowest BCUT2D eigenvalue weighted by Gasteiger charge is -2.08. The molecule has 3 aromatic rings. The van der Waals surface area contributed by atoms with Crippen LogP contribution in [0.5, 0.6) is 0 Å². The average Bonchev–Trinajstić information content (AvgIpc) is 2.49. The van der Waals surface area contributed by atoms with E-state index in [0.717, 1.165) is 21.2 Å². The Morgan fingerprint density at radius 3 is 2.86 bits per heavy atom. The molecule has 2 heterocycles. The highest BCUT2D eigenvalue weighted by Gasteiger charge is 2.09. The van der Waals surface area contributed by atoms with Gasteiger partial charge in [0.15, 0.2) is 0 Å². The van der Waals surface area contributed by atoms with Crippen LogP contribution in [0.2, 0.25) is 0 Å². The Labute approximate surface area is 130 Å². The molecule has 0 aliphatic rings. The summed E-state index contributed by atoms with van der Waals surface area (Å²) in [7, 11) is 0. The Hall–Kier alpha value is -2.27. The summed E-state index contributed by atoms with van der Waals surface area (Å²) in [4.78, 5) is 20.8. The van der Waals surface area contributed by atoms with Crippen LogP contribution >= 0.6 is 15.9 Å². The number of carbonyl (C=O) groups is 1. The van der Waals surface area contributed by atoms with E-state index in [1.807, 2.05) is 37.3 Å². The molecule has 104 valence electrons. The van der Waals surface area contributed by atoms with E-state index in [0.29, 0.717) is 11.3 Å². The monoisotopic (exact) mass is 341 g/mol. The molecule has 0 aliphatic carbocycles. The van der Waals surface area contributed by atoms with Crippen LogP contribution in [0.25, 0.3) is 10.9 Å². The number of pyridine rings is 2. The SMILES string of the molecule is Cc1nc(Br)ccc1NC(=O)c1ccc2ncccc2c1. The Balaban J connectivity index is 1.89. The van der Waals surface area contributed by atoms with Gasteiger partial charge >= 0.3 is 0 Å². The molecule has 0 unspecified atom stereocenters. The number of nitrogens with one attached hydrogen (secondary N) is 1. The van der Waals surface area contributed by atoms with Gasteiger partial charge in [-0.15, -0.1) is 0 Å². The van der Waals surface area contributed by atoms with E-state index in [1.165, 1.54) is 0 Å². The van der Waals surface area contributed by atoms with Crippen LogP contribution in [0, 0.1) is 6.92 Å². The molecule has 0 saturated heterocycles. The number of halogens is 1. The minimum absolute atomic E-state index is 0.159. The smallest absolute Gasteiger partial charge is 0.255 e. The maximum absolute atomic E-state index is 12.3. The van der Waals surface area contributed by atoms with E-state index in [1.54, 1.807) is 18.3 Å². The fourth-order valence-electron chi connectivity index (χ4n) is 2.07. The number of aryl methyl sites for hydroxylation is 1. The average molecular weight is 342 g/mol. The predicted molar refractivity (Wildman–Crippen MR) is 86.4 cm³/mol. The van der Waals surface area contributed by atoms with Crippen LogP contribution < -0.4 is 5.32 Å². The molecule has 0 aliphatic heterocycles. The molecule has 0 radical (unpaired) electrons. The lowest BCUT2D eigenvalue weighted by atomic mass is 10.1. The number of hydrogen-bond donors (Lipinski definition) is 1. The Bertz CT molecular complexity index is 833. The maximum Gasteiger partial charge on any atom is 0.255 e. The number of rotatable bonds is 2. The Morgan fingerprint density at radius 2 is 2.05 bits per heavy atom.